The summed E-state index contributed by atoms with van der Waals surface area (Å²) in [6.07, 6.45) is 0. The lowest BCUT2D eigenvalue weighted by Crippen LogP contribution is -1.92. The fraction of sp³-hybridized carbons (Fsp3) is 0. The zero-order valence-corrected chi connectivity index (χ0v) is 26.1. The SMILES string of the molecule is [2H]c1c([2H])c([2H])c2c(-c3cccc4ccccc34)c3c([2H])c([2H])c([2H])c([2H])c3c(-c3cccc(-c4cc(-c5ccccc5)c5c(c4)oc4ccccc45)c3)c2c1[2H]. The minimum Gasteiger partial charge on any atom is -0.456 e. The van der Waals surface area contributed by atoms with E-state index < -0.39 is 24.2 Å². The molecule has 0 aliphatic rings. The number of hydrogen-bond donors (Lipinski definition) is 0. The summed E-state index contributed by atoms with van der Waals surface area (Å²) in [5, 5.41) is 4.38. The lowest BCUT2D eigenvalue weighted by atomic mass is 9.84. The van der Waals surface area contributed by atoms with Gasteiger partial charge in [0.15, 0.2) is 0 Å². The largest absolute Gasteiger partial charge is 0.456 e. The third kappa shape index (κ3) is 4.40. The molecule has 9 aromatic carbocycles. The quantitative estimate of drug-likeness (QED) is 0.176. The summed E-state index contributed by atoms with van der Waals surface area (Å²) in [6, 6.07) is 40.1. The summed E-state index contributed by atoms with van der Waals surface area (Å²) in [5.74, 6) is 0. The van der Waals surface area contributed by atoms with E-state index in [2.05, 4.69) is 24.3 Å². The summed E-state index contributed by atoms with van der Waals surface area (Å²) in [6.45, 7) is 0. The third-order valence-corrected chi connectivity index (χ3v) is 9.48. The Kier molecular flexibility index (Phi) is 4.69. The van der Waals surface area contributed by atoms with Crippen LogP contribution in [0.1, 0.15) is 11.0 Å². The average Bonchev–Trinajstić information content (AvgIpc) is 3.63. The Bertz CT molecular complexity index is 3250. The Morgan fingerprint density at radius 2 is 0.959 bits per heavy atom. The molecular formula is C48H30O. The van der Waals surface area contributed by atoms with Gasteiger partial charge in [0.05, 0.1) is 11.0 Å². The molecule has 0 aliphatic carbocycles. The maximum Gasteiger partial charge on any atom is 0.136 e. The van der Waals surface area contributed by atoms with Gasteiger partial charge in [-0.2, -0.15) is 0 Å². The van der Waals surface area contributed by atoms with Gasteiger partial charge in [0.2, 0.25) is 0 Å². The number of para-hydroxylation sites is 1. The molecule has 228 valence electrons. The van der Waals surface area contributed by atoms with Gasteiger partial charge in [0, 0.05) is 10.8 Å². The molecule has 10 aromatic rings. The van der Waals surface area contributed by atoms with Crippen LogP contribution < -0.4 is 0 Å². The van der Waals surface area contributed by atoms with Crippen molar-refractivity contribution in [2.45, 2.75) is 0 Å². The molecule has 1 nitrogen and oxygen atoms in total. The van der Waals surface area contributed by atoms with Crippen molar-refractivity contribution in [1.82, 2.24) is 0 Å². The first-order valence-electron chi connectivity index (χ1n) is 20.2. The summed E-state index contributed by atoms with van der Waals surface area (Å²) in [4.78, 5) is 0. The normalized spacial score (nSPS) is 14.0. The van der Waals surface area contributed by atoms with Crippen molar-refractivity contribution in [3.05, 3.63) is 182 Å². The number of benzene rings is 9. The fourth-order valence-corrected chi connectivity index (χ4v) is 7.35. The molecule has 0 amide bonds. The highest BCUT2D eigenvalue weighted by Crippen LogP contribution is 2.46. The molecule has 10 rings (SSSR count). The van der Waals surface area contributed by atoms with Crippen LogP contribution in [0.25, 0.3) is 98.8 Å². The number of fused-ring (bicyclic) bond motifs is 6. The zero-order chi connectivity index (χ0) is 39.3. The molecule has 1 heteroatoms. The van der Waals surface area contributed by atoms with E-state index in [-0.39, 0.29) is 45.7 Å². The minimum atomic E-state index is -0.434. The van der Waals surface area contributed by atoms with Crippen molar-refractivity contribution >= 4 is 54.3 Å². The lowest BCUT2D eigenvalue weighted by molar-refractivity contribution is 0.669. The Labute approximate surface area is 295 Å². The highest BCUT2D eigenvalue weighted by Gasteiger charge is 2.19. The Hall–Kier alpha value is -6.44. The number of rotatable bonds is 4. The van der Waals surface area contributed by atoms with E-state index in [0.29, 0.717) is 27.8 Å². The second kappa shape index (κ2) is 11.1. The molecule has 0 saturated carbocycles. The molecule has 0 spiro atoms. The molecular weight excluding hydrogens is 593 g/mol. The predicted octanol–water partition coefficient (Wildman–Crippen LogP) is 13.7. The van der Waals surface area contributed by atoms with Crippen LogP contribution in [0.5, 0.6) is 0 Å². The summed E-state index contributed by atoms with van der Waals surface area (Å²) >= 11 is 0. The summed E-state index contributed by atoms with van der Waals surface area (Å²) in [5.41, 5.74) is 6.87. The zero-order valence-electron chi connectivity index (χ0n) is 34.1. The molecule has 49 heavy (non-hydrogen) atoms. The second-order valence-corrected chi connectivity index (χ2v) is 12.2. The highest BCUT2D eigenvalue weighted by molar-refractivity contribution is 6.23. The first-order chi connectivity index (χ1) is 27.6. The van der Waals surface area contributed by atoms with Crippen molar-refractivity contribution in [3.63, 3.8) is 0 Å². The highest BCUT2D eigenvalue weighted by atomic mass is 16.3. The van der Waals surface area contributed by atoms with Gasteiger partial charge in [-0.05, 0) is 101 Å². The molecule has 0 aliphatic heterocycles. The monoisotopic (exact) mass is 630 g/mol. The van der Waals surface area contributed by atoms with Gasteiger partial charge < -0.3 is 4.42 Å². The van der Waals surface area contributed by atoms with Crippen LogP contribution in [0.4, 0.5) is 0 Å². The maximum absolute atomic E-state index is 9.42. The van der Waals surface area contributed by atoms with Crippen LogP contribution in [-0.4, -0.2) is 0 Å². The van der Waals surface area contributed by atoms with E-state index in [1.807, 2.05) is 109 Å². The van der Waals surface area contributed by atoms with Gasteiger partial charge in [-0.25, -0.2) is 0 Å². The van der Waals surface area contributed by atoms with E-state index >= 15 is 0 Å². The van der Waals surface area contributed by atoms with Gasteiger partial charge in [-0.15, -0.1) is 0 Å². The standard InChI is InChI=1S/C48H30O/c1-2-14-32(15-3-1)43-29-35(30-45-48(43)42-25-10-11-27-44(42)49-45)33-18-12-19-34(28-33)46-38-21-6-8-23-40(38)47(41-24-9-7-22-39(41)46)37-26-13-17-31-16-4-5-20-36(31)37/h1-30H/i6D,7D,8D,9D,21D,22D,23D,24D. The molecule has 0 N–H and O–H groups in total. The maximum atomic E-state index is 9.42. The van der Waals surface area contributed by atoms with E-state index in [9.17, 15) is 5.48 Å². The van der Waals surface area contributed by atoms with E-state index in [1.54, 1.807) is 0 Å². The van der Waals surface area contributed by atoms with Crippen LogP contribution in [0, 0.1) is 0 Å². The van der Waals surface area contributed by atoms with Gasteiger partial charge in [-0.1, -0.05) is 158 Å². The van der Waals surface area contributed by atoms with Gasteiger partial charge in [0.1, 0.15) is 11.2 Å². The fourth-order valence-electron chi connectivity index (χ4n) is 7.35. The topological polar surface area (TPSA) is 13.1 Å². The van der Waals surface area contributed by atoms with Gasteiger partial charge in [0.25, 0.3) is 0 Å². The van der Waals surface area contributed by atoms with Crippen molar-refractivity contribution in [1.29, 1.82) is 0 Å². The van der Waals surface area contributed by atoms with Crippen LogP contribution >= 0.6 is 0 Å². The molecule has 0 atom stereocenters. The van der Waals surface area contributed by atoms with E-state index in [0.717, 1.165) is 49.4 Å². The summed E-state index contributed by atoms with van der Waals surface area (Å²) < 4.78 is 79.4. The Balaban J connectivity index is 1.35. The Morgan fingerprint density at radius 1 is 0.367 bits per heavy atom. The molecule has 0 radical (unpaired) electrons. The summed E-state index contributed by atoms with van der Waals surface area (Å²) in [7, 11) is 0. The number of hydrogen-bond acceptors (Lipinski definition) is 1. The van der Waals surface area contributed by atoms with Crippen LogP contribution in [-0.2, 0) is 0 Å². The number of furan rings is 1. The molecule has 0 saturated heterocycles. The molecule has 1 aromatic heterocycles. The van der Waals surface area contributed by atoms with Crippen molar-refractivity contribution < 1.29 is 15.4 Å². The van der Waals surface area contributed by atoms with Crippen molar-refractivity contribution in [2.75, 3.05) is 0 Å². The molecule has 0 unspecified atom stereocenters. The van der Waals surface area contributed by atoms with E-state index in [4.69, 9.17) is 9.90 Å². The van der Waals surface area contributed by atoms with Crippen molar-refractivity contribution in [2.24, 2.45) is 0 Å². The van der Waals surface area contributed by atoms with Crippen LogP contribution in [0.2, 0.25) is 0 Å². The minimum absolute atomic E-state index is 0.177. The second-order valence-electron chi connectivity index (χ2n) is 12.2. The molecule has 0 bridgehead atoms. The molecule has 1 heterocycles. The van der Waals surface area contributed by atoms with Crippen molar-refractivity contribution in [3.8, 4) is 44.5 Å². The van der Waals surface area contributed by atoms with Crippen LogP contribution in [0.15, 0.2) is 186 Å². The smallest absolute Gasteiger partial charge is 0.136 e. The van der Waals surface area contributed by atoms with Gasteiger partial charge >= 0.3 is 0 Å². The Morgan fingerprint density at radius 3 is 1.73 bits per heavy atom. The first kappa shape index (κ1) is 20.7. The first-order valence-corrected chi connectivity index (χ1v) is 16.2. The lowest BCUT2D eigenvalue weighted by Gasteiger charge is -2.19. The van der Waals surface area contributed by atoms with Gasteiger partial charge in [-0.3, -0.25) is 0 Å². The van der Waals surface area contributed by atoms with E-state index in [1.165, 1.54) is 0 Å². The third-order valence-electron chi connectivity index (χ3n) is 9.48. The molecule has 0 fully saturated rings. The average molecular weight is 631 g/mol. The van der Waals surface area contributed by atoms with Crippen LogP contribution in [0.3, 0.4) is 0 Å². The predicted molar refractivity (Wildman–Crippen MR) is 208 cm³/mol.